The van der Waals surface area contributed by atoms with Gasteiger partial charge in [-0.05, 0) is 56.9 Å². The second-order valence-electron chi connectivity index (χ2n) is 7.28. The third-order valence-electron chi connectivity index (χ3n) is 5.04. The van der Waals surface area contributed by atoms with E-state index in [1.54, 1.807) is 30.3 Å². The Bertz CT molecular complexity index is 559. The molecule has 0 aliphatic heterocycles. The summed E-state index contributed by atoms with van der Waals surface area (Å²) in [5.41, 5.74) is 0.795. The molecule has 1 fully saturated rings. The molecule has 1 aliphatic carbocycles. The summed E-state index contributed by atoms with van der Waals surface area (Å²) in [6.07, 6.45) is 9.23. The van der Waals surface area contributed by atoms with Crippen LogP contribution in [0.5, 0.6) is 5.75 Å². The van der Waals surface area contributed by atoms with E-state index in [9.17, 15) is 15.0 Å². The Hall–Kier alpha value is -1.81. The van der Waals surface area contributed by atoms with Crippen molar-refractivity contribution in [2.75, 3.05) is 6.54 Å². The summed E-state index contributed by atoms with van der Waals surface area (Å²) in [5, 5.41) is 19.7. The standard InChI is InChI=1S/C21H31NO3/c1-16(2)22(14-12-20(24)17-6-4-3-5-7-17)15-13-21(25)18-8-10-19(23)11-9-18/h8-12,14,16-17,21,23,25H,3-7,13,15H2,1-2H3/b14-12+. The molecule has 4 nitrogen and oxygen atoms in total. The van der Waals surface area contributed by atoms with E-state index in [2.05, 4.69) is 18.7 Å². The predicted octanol–water partition coefficient (Wildman–Crippen LogP) is 4.19. The number of aliphatic hydroxyl groups excluding tert-OH is 1. The highest BCUT2D eigenvalue weighted by Crippen LogP contribution is 2.25. The zero-order chi connectivity index (χ0) is 18.2. The summed E-state index contributed by atoms with van der Waals surface area (Å²) in [5.74, 6) is 0.634. The van der Waals surface area contributed by atoms with Crippen LogP contribution in [0.3, 0.4) is 0 Å². The molecule has 0 bridgehead atoms. The van der Waals surface area contributed by atoms with E-state index in [-0.39, 0.29) is 23.5 Å². The van der Waals surface area contributed by atoms with Gasteiger partial charge in [0.25, 0.3) is 0 Å². The number of allylic oxidation sites excluding steroid dienone is 1. The maximum atomic E-state index is 12.3. The molecule has 0 saturated heterocycles. The van der Waals surface area contributed by atoms with Crippen LogP contribution in [-0.4, -0.2) is 33.5 Å². The summed E-state index contributed by atoms with van der Waals surface area (Å²) in [6, 6.07) is 6.91. The number of aromatic hydroxyl groups is 1. The lowest BCUT2D eigenvalue weighted by Crippen LogP contribution is -2.28. The van der Waals surface area contributed by atoms with Gasteiger partial charge in [0.05, 0.1) is 6.10 Å². The first-order valence-electron chi connectivity index (χ1n) is 9.42. The van der Waals surface area contributed by atoms with Gasteiger partial charge in [-0.15, -0.1) is 0 Å². The monoisotopic (exact) mass is 345 g/mol. The number of hydrogen-bond acceptors (Lipinski definition) is 4. The zero-order valence-corrected chi connectivity index (χ0v) is 15.4. The number of ketones is 1. The van der Waals surface area contributed by atoms with E-state index in [1.807, 2.05) is 6.20 Å². The molecular formula is C21H31NO3. The zero-order valence-electron chi connectivity index (χ0n) is 15.4. The van der Waals surface area contributed by atoms with E-state index in [0.717, 1.165) is 31.2 Å². The Kier molecular flexibility index (Phi) is 7.51. The minimum absolute atomic E-state index is 0.196. The minimum atomic E-state index is -0.579. The summed E-state index contributed by atoms with van der Waals surface area (Å²) in [6.45, 7) is 4.85. The first-order valence-corrected chi connectivity index (χ1v) is 9.42. The van der Waals surface area contributed by atoms with E-state index < -0.39 is 6.10 Å². The molecular weight excluding hydrogens is 314 g/mol. The van der Waals surface area contributed by atoms with Gasteiger partial charge in [0.1, 0.15) is 5.75 Å². The van der Waals surface area contributed by atoms with Crippen LogP contribution in [0.4, 0.5) is 0 Å². The van der Waals surface area contributed by atoms with Crippen molar-refractivity contribution in [2.24, 2.45) is 5.92 Å². The van der Waals surface area contributed by atoms with Gasteiger partial charge in [-0.3, -0.25) is 4.79 Å². The molecule has 138 valence electrons. The Balaban J connectivity index is 1.88. The van der Waals surface area contributed by atoms with Crippen molar-refractivity contribution >= 4 is 5.78 Å². The van der Waals surface area contributed by atoms with Gasteiger partial charge in [0, 0.05) is 24.7 Å². The number of carbonyl (C=O) groups is 1. The van der Waals surface area contributed by atoms with Gasteiger partial charge >= 0.3 is 0 Å². The molecule has 4 heteroatoms. The average Bonchev–Trinajstić information content (AvgIpc) is 2.62. The number of phenols is 1. The van der Waals surface area contributed by atoms with Crippen LogP contribution in [0.25, 0.3) is 0 Å². The highest BCUT2D eigenvalue weighted by Gasteiger charge is 2.19. The van der Waals surface area contributed by atoms with E-state index in [0.29, 0.717) is 13.0 Å². The molecule has 25 heavy (non-hydrogen) atoms. The first-order chi connectivity index (χ1) is 12.0. The van der Waals surface area contributed by atoms with Crippen molar-refractivity contribution in [3.8, 4) is 5.75 Å². The maximum absolute atomic E-state index is 12.3. The van der Waals surface area contributed by atoms with Crippen LogP contribution in [0, 0.1) is 5.92 Å². The Labute approximate surface area is 151 Å². The number of carbonyl (C=O) groups excluding carboxylic acids is 1. The fourth-order valence-corrected chi connectivity index (χ4v) is 3.33. The maximum Gasteiger partial charge on any atom is 0.160 e. The fraction of sp³-hybridized carbons (Fsp3) is 0.571. The Morgan fingerprint density at radius 1 is 1.20 bits per heavy atom. The third kappa shape index (κ3) is 6.20. The lowest BCUT2D eigenvalue weighted by molar-refractivity contribution is -0.119. The van der Waals surface area contributed by atoms with Gasteiger partial charge < -0.3 is 15.1 Å². The van der Waals surface area contributed by atoms with Crippen LogP contribution in [0.1, 0.15) is 64.0 Å². The molecule has 1 aromatic carbocycles. The number of benzene rings is 1. The van der Waals surface area contributed by atoms with Crippen molar-refractivity contribution in [1.29, 1.82) is 0 Å². The molecule has 1 saturated carbocycles. The van der Waals surface area contributed by atoms with Crippen molar-refractivity contribution in [2.45, 2.75) is 64.5 Å². The highest BCUT2D eigenvalue weighted by atomic mass is 16.3. The van der Waals surface area contributed by atoms with Crippen LogP contribution in [0.15, 0.2) is 36.5 Å². The van der Waals surface area contributed by atoms with E-state index in [1.165, 1.54) is 6.42 Å². The second-order valence-corrected chi connectivity index (χ2v) is 7.28. The number of aliphatic hydroxyl groups is 1. The second kappa shape index (κ2) is 9.62. The van der Waals surface area contributed by atoms with Crippen molar-refractivity contribution < 1.29 is 15.0 Å². The summed E-state index contributed by atoms with van der Waals surface area (Å²) < 4.78 is 0. The molecule has 0 amide bonds. The number of phenolic OH excluding ortho intramolecular Hbond substituents is 1. The summed E-state index contributed by atoms with van der Waals surface area (Å²) in [7, 11) is 0. The van der Waals surface area contributed by atoms with Crippen LogP contribution in [-0.2, 0) is 4.79 Å². The smallest absolute Gasteiger partial charge is 0.160 e. The van der Waals surface area contributed by atoms with Crippen molar-refractivity contribution in [1.82, 2.24) is 4.90 Å². The molecule has 0 radical (unpaired) electrons. The van der Waals surface area contributed by atoms with Crippen molar-refractivity contribution in [3.05, 3.63) is 42.1 Å². The third-order valence-corrected chi connectivity index (χ3v) is 5.04. The molecule has 1 atom stereocenters. The number of hydrogen-bond donors (Lipinski definition) is 2. The summed E-state index contributed by atoms with van der Waals surface area (Å²) in [4.78, 5) is 14.4. The van der Waals surface area contributed by atoms with E-state index in [4.69, 9.17) is 0 Å². The molecule has 2 N–H and O–H groups in total. The lowest BCUT2D eigenvalue weighted by atomic mass is 9.86. The first kappa shape index (κ1) is 19.5. The number of rotatable bonds is 8. The van der Waals surface area contributed by atoms with Crippen LogP contribution in [0.2, 0.25) is 0 Å². The van der Waals surface area contributed by atoms with E-state index >= 15 is 0 Å². The highest BCUT2D eigenvalue weighted by molar-refractivity contribution is 5.91. The van der Waals surface area contributed by atoms with Crippen molar-refractivity contribution in [3.63, 3.8) is 0 Å². The minimum Gasteiger partial charge on any atom is -0.508 e. The molecule has 1 aliphatic rings. The van der Waals surface area contributed by atoms with Gasteiger partial charge in [0.2, 0.25) is 0 Å². The van der Waals surface area contributed by atoms with Gasteiger partial charge in [-0.1, -0.05) is 31.4 Å². The average molecular weight is 345 g/mol. The molecule has 0 aromatic heterocycles. The van der Waals surface area contributed by atoms with Gasteiger partial charge in [0.15, 0.2) is 5.78 Å². The lowest BCUT2D eigenvalue weighted by Gasteiger charge is -2.26. The Morgan fingerprint density at radius 3 is 2.44 bits per heavy atom. The predicted molar refractivity (Wildman–Crippen MR) is 100 cm³/mol. The largest absolute Gasteiger partial charge is 0.508 e. The molecule has 1 aromatic rings. The topological polar surface area (TPSA) is 60.8 Å². The molecule has 0 heterocycles. The normalized spacial score (nSPS) is 17.1. The summed E-state index contributed by atoms with van der Waals surface area (Å²) >= 11 is 0. The SMILES string of the molecule is CC(C)N(/C=C/C(=O)C1CCCCC1)CCC(O)c1ccc(O)cc1. The fourth-order valence-electron chi connectivity index (χ4n) is 3.33. The molecule has 0 spiro atoms. The molecule has 2 rings (SSSR count). The Morgan fingerprint density at radius 2 is 1.84 bits per heavy atom. The molecule has 1 unspecified atom stereocenters. The number of nitrogens with zero attached hydrogens (tertiary/aromatic N) is 1. The quantitative estimate of drug-likeness (QED) is 0.694. The van der Waals surface area contributed by atoms with Crippen LogP contribution >= 0.6 is 0 Å². The van der Waals surface area contributed by atoms with Gasteiger partial charge in [-0.25, -0.2) is 0 Å². The van der Waals surface area contributed by atoms with Crippen LogP contribution < -0.4 is 0 Å². The van der Waals surface area contributed by atoms with Gasteiger partial charge in [-0.2, -0.15) is 0 Å².